The number of aromatic amines is 1. The Hall–Kier alpha value is -2.41. The summed E-state index contributed by atoms with van der Waals surface area (Å²) in [4.78, 5) is 17.5. The SMILES string of the molecule is NC(=O)c1cc(F)cc2[nH]c3c(C4CCN(C5CC5)CC4)cnn3c12. The van der Waals surface area contributed by atoms with Crippen LogP contribution in [0.4, 0.5) is 4.39 Å². The summed E-state index contributed by atoms with van der Waals surface area (Å²) in [5, 5.41) is 4.46. The van der Waals surface area contributed by atoms with Gasteiger partial charge in [0.2, 0.25) is 0 Å². The van der Waals surface area contributed by atoms with Crippen LogP contribution >= 0.6 is 0 Å². The molecule has 7 heteroatoms. The molecule has 2 aromatic heterocycles. The fraction of sp³-hybridized carbons (Fsp3) is 0.444. The van der Waals surface area contributed by atoms with Gasteiger partial charge in [-0.1, -0.05) is 0 Å². The maximum absolute atomic E-state index is 13.8. The molecule has 5 rings (SSSR count). The second-order valence-electron chi connectivity index (χ2n) is 7.24. The van der Waals surface area contributed by atoms with E-state index in [0.29, 0.717) is 17.0 Å². The molecule has 0 atom stereocenters. The number of hydrogen-bond donors (Lipinski definition) is 2. The maximum atomic E-state index is 13.8. The van der Waals surface area contributed by atoms with Gasteiger partial charge in [-0.3, -0.25) is 4.79 Å². The van der Waals surface area contributed by atoms with Crippen molar-refractivity contribution in [3.8, 4) is 0 Å². The molecule has 2 aliphatic rings. The molecule has 1 saturated heterocycles. The van der Waals surface area contributed by atoms with Gasteiger partial charge < -0.3 is 15.6 Å². The minimum atomic E-state index is -0.653. The number of aromatic nitrogens is 3. The molecule has 130 valence electrons. The van der Waals surface area contributed by atoms with Gasteiger partial charge in [0.1, 0.15) is 17.0 Å². The third-order valence-electron chi connectivity index (χ3n) is 5.64. The number of hydrogen-bond acceptors (Lipinski definition) is 3. The van der Waals surface area contributed by atoms with Crippen LogP contribution in [0.2, 0.25) is 0 Å². The molecular weight excluding hydrogens is 321 g/mol. The first-order valence-corrected chi connectivity index (χ1v) is 8.84. The van der Waals surface area contributed by atoms with Gasteiger partial charge in [-0.25, -0.2) is 8.91 Å². The van der Waals surface area contributed by atoms with Crippen molar-refractivity contribution in [2.45, 2.75) is 37.6 Å². The first-order valence-electron chi connectivity index (χ1n) is 8.84. The number of primary amides is 1. The van der Waals surface area contributed by atoms with Gasteiger partial charge in [-0.15, -0.1) is 0 Å². The lowest BCUT2D eigenvalue weighted by Gasteiger charge is -2.31. The molecule has 1 aliphatic carbocycles. The maximum Gasteiger partial charge on any atom is 0.251 e. The lowest BCUT2D eigenvalue weighted by atomic mass is 9.91. The third-order valence-corrected chi connectivity index (χ3v) is 5.64. The Morgan fingerprint density at radius 2 is 2.00 bits per heavy atom. The smallest absolute Gasteiger partial charge is 0.251 e. The molecule has 25 heavy (non-hydrogen) atoms. The van der Waals surface area contributed by atoms with E-state index in [2.05, 4.69) is 15.0 Å². The molecule has 3 N–H and O–H groups in total. The number of piperidine rings is 1. The van der Waals surface area contributed by atoms with Crippen LogP contribution in [0.25, 0.3) is 16.7 Å². The van der Waals surface area contributed by atoms with E-state index in [4.69, 9.17) is 5.73 Å². The highest BCUT2D eigenvalue weighted by atomic mass is 19.1. The number of carbonyl (C=O) groups excluding carboxylic acids is 1. The van der Waals surface area contributed by atoms with Crippen LogP contribution in [-0.2, 0) is 0 Å². The van der Waals surface area contributed by atoms with Crippen LogP contribution in [0.1, 0.15) is 47.5 Å². The number of fused-ring (bicyclic) bond motifs is 3. The van der Waals surface area contributed by atoms with Crippen molar-refractivity contribution < 1.29 is 9.18 Å². The molecule has 3 aromatic rings. The fourth-order valence-corrected chi connectivity index (χ4v) is 4.21. The highest BCUT2D eigenvalue weighted by molar-refractivity contribution is 6.05. The number of imidazole rings is 1. The van der Waals surface area contributed by atoms with Gasteiger partial charge in [-0.2, -0.15) is 5.10 Å². The van der Waals surface area contributed by atoms with Crippen molar-refractivity contribution in [3.05, 3.63) is 35.3 Å². The molecule has 6 nitrogen and oxygen atoms in total. The summed E-state index contributed by atoms with van der Waals surface area (Å²) >= 11 is 0. The second kappa shape index (κ2) is 5.29. The third kappa shape index (κ3) is 2.33. The topological polar surface area (TPSA) is 79.4 Å². The Labute approximate surface area is 143 Å². The molecule has 0 unspecified atom stereocenters. The van der Waals surface area contributed by atoms with E-state index >= 15 is 0 Å². The predicted molar refractivity (Wildman–Crippen MR) is 92.1 cm³/mol. The molecule has 2 fully saturated rings. The van der Waals surface area contributed by atoms with Crippen LogP contribution in [0.3, 0.4) is 0 Å². The number of nitrogens with two attached hydrogens (primary N) is 1. The van der Waals surface area contributed by atoms with E-state index in [1.807, 2.05) is 6.20 Å². The van der Waals surface area contributed by atoms with E-state index in [1.54, 1.807) is 4.52 Å². The number of likely N-dealkylation sites (tertiary alicyclic amines) is 1. The summed E-state index contributed by atoms with van der Waals surface area (Å²) in [7, 11) is 0. The van der Waals surface area contributed by atoms with Gasteiger partial charge in [-0.05, 0) is 56.8 Å². The average molecular weight is 341 g/mol. The lowest BCUT2D eigenvalue weighted by molar-refractivity contribution is 0.100. The van der Waals surface area contributed by atoms with Crippen LogP contribution in [-0.4, -0.2) is 44.5 Å². The van der Waals surface area contributed by atoms with E-state index < -0.39 is 11.7 Å². The van der Waals surface area contributed by atoms with Crippen molar-refractivity contribution in [3.63, 3.8) is 0 Å². The molecule has 1 aliphatic heterocycles. The summed E-state index contributed by atoms with van der Waals surface area (Å²) in [6.45, 7) is 2.24. The number of benzene rings is 1. The van der Waals surface area contributed by atoms with E-state index in [9.17, 15) is 9.18 Å². The quantitative estimate of drug-likeness (QED) is 0.768. The normalized spacial score (nSPS) is 19.9. The fourth-order valence-electron chi connectivity index (χ4n) is 4.21. The summed E-state index contributed by atoms with van der Waals surface area (Å²) < 4.78 is 15.5. The van der Waals surface area contributed by atoms with Crippen molar-refractivity contribution in [1.29, 1.82) is 0 Å². The Balaban J connectivity index is 1.56. The number of H-pyrrole nitrogens is 1. The first-order chi connectivity index (χ1) is 12.1. The monoisotopic (exact) mass is 341 g/mol. The minimum Gasteiger partial charge on any atom is -0.366 e. The van der Waals surface area contributed by atoms with Crippen molar-refractivity contribution in [2.75, 3.05) is 13.1 Å². The average Bonchev–Trinajstić information content (AvgIpc) is 3.27. The minimum absolute atomic E-state index is 0.152. The summed E-state index contributed by atoms with van der Waals surface area (Å²) in [5.41, 5.74) is 8.66. The zero-order valence-electron chi connectivity index (χ0n) is 13.8. The molecule has 1 amide bonds. The van der Waals surface area contributed by atoms with Crippen LogP contribution in [0, 0.1) is 5.82 Å². The highest BCUT2D eigenvalue weighted by Crippen LogP contribution is 2.36. The van der Waals surface area contributed by atoms with E-state index in [1.165, 1.54) is 25.0 Å². The van der Waals surface area contributed by atoms with Gasteiger partial charge in [0.05, 0.1) is 17.3 Å². The molecule has 3 heterocycles. The van der Waals surface area contributed by atoms with Crippen molar-refractivity contribution in [2.24, 2.45) is 5.73 Å². The summed E-state index contributed by atoms with van der Waals surface area (Å²) in [6.07, 6.45) is 6.75. The van der Waals surface area contributed by atoms with E-state index in [0.717, 1.165) is 43.2 Å². The largest absolute Gasteiger partial charge is 0.366 e. The van der Waals surface area contributed by atoms with E-state index in [-0.39, 0.29) is 5.56 Å². The number of nitrogens with one attached hydrogen (secondary N) is 1. The van der Waals surface area contributed by atoms with Crippen LogP contribution in [0.5, 0.6) is 0 Å². The predicted octanol–water partition coefficient (Wildman–Crippen LogP) is 2.40. The molecule has 0 bridgehead atoms. The lowest BCUT2D eigenvalue weighted by Crippen LogP contribution is -2.34. The number of rotatable bonds is 3. The molecular formula is C18H20FN5O. The zero-order valence-corrected chi connectivity index (χ0v) is 13.8. The Morgan fingerprint density at radius 3 is 2.68 bits per heavy atom. The molecule has 0 spiro atoms. The Morgan fingerprint density at radius 1 is 1.24 bits per heavy atom. The number of halogens is 1. The number of carbonyl (C=O) groups is 1. The van der Waals surface area contributed by atoms with Crippen LogP contribution in [0.15, 0.2) is 18.3 Å². The van der Waals surface area contributed by atoms with Crippen molar-refractivity contribution >= 4 is 22.6 Å². The molecule has 0 radical (unpaired) electrons. The summed E-state index contributed by atoms with van der Waals surface area (Å²) in [6, 6.07) is 3.37. The summed E-state index contributed by atoms with van der Waals surface area (Å²) in [5.74, 6) is -0.701. The van der Waals surface area contributed by atoms with Crippen molar-refractivity contribution in [1.82, 2.24) is 19.5 Å². The second-order valence-corrected chi connectivity index (χ2v) is 7.24. The van der Waals surface area contributed by atoms with Gasteiger partial charge in [0, 0.05) is 11.6 Å². The first kappa shape index (κ1) is 14.9. The number of amides is 1. The van der Waals surface area contributed by atoms with Gasteiger partial charge >= 0.3 is 0 Å². The van der Waals surface area contributed by atoms with Gasteiger partial charge in [0.25, 0.3) is 5.91 Å². The Kier molecular flexibility index (Phi) is 3.15. The van der Waals surface area contributed by atoms with Crippen LogP contribution < -0.4 is 5.73 Å². The Bertz CT molecular complexity index is 978. The number of nitrogens with zero attached hydrogens (tertiary/aromatic N) is 3. The zero-order chi connectivity index (χ0) is 17.1. The molecule has 1 saturated carbocycles. The van der Waals surface area contributed by atoms with Gasteiger partial charge in [0.15, 0.2) is 0 Å². The molecule has 1 aromatic carbocycles. The standard InChI is InChI=1S/C18H20FN5O/c19-11-7-13(17(20)25)16-15(8-11)22-18-14(9-21-24(16)18)10-3-5-23(6-4-10)12-1-2-12/h7-10,12,22H,1-6H2,(H2,20,25). The highest BCUT2D eigenvalue weighted by Gasteiger charge is 2.33.